The highest BCUT2D eigenvalue weighted by atomic mass is 35.5. The number of amides is 8. The number of carbonyl (C=O) groups excluding carboxylic acids is 8. The first-order valence-electron chi connectivity index (χ1n) is 46.3. The van der Waals surface area contributed by atoms with Gasteiger partial charge in [-0.05, 0) is 172 Å². The van der Waals surface area contributed by atoms with Crippen molar-refractivity contribution < 1.29 is 77.0 Å². The normalized spacial score (nSPS) is 20.3. The van der Waals surface area contributed by atoms with Gasteiger partial charge in [-0.2, -0.15) is 10.5 Å². The highest BCUT2D eigenvalue weighted by Gasteiger charge is 2.65. The molecule has 2 saturated heterocycles. The van der Waals surface area contributed by atoms with Crippen LogP contribution in [0.4, 0.5) is 0 Å². The van der Waals surface area contributed by atoms with Gasteiger partial charge in [0.2, 0.25) is 35.4 Å². The molecule has 8 atom stereocenters. The summed E-state index contributed by atoms with van der Waals surface area (Å²) in [5.74, 6) is -0.472. The van der Waals surface area contributed by atoms with E-state index in [1.54, 1.807) is 108 Å². The largest absolute Gasteiger partial charge is 0.491 e. The predicted molar refractivity (Wildman–Crippen MR) is 524 cm³/mol. The number of ether oxygens (including phenoxy) is 6. The maximum atomic E-state index is 14.0. The van der Waals surface area contributed by atoms with Crippen LogP contribution in [0, 0.1) is 69.0 Å². The molecule has 32 heteroatoms. The van der Waals surface area contributed by atoms with Gasteiger partial charge in [0.25, 0.3) is 11.8 Å². The summed E-state index contributed by atoms with van der Waals surface area (Å²) in [7, 11) is 0. The number of aliphatic hydroxyl groups excluding tert-OH is 2. The summed E-state index contributed by atoms with van der Waals surface area (Å²) >= 11 is 15.6. The van der Waals surface area contributed by atoms with Crippen molar-refractivity contribution in [3.63, 3.8) is 0 Å². The Bertz CT molecular complexity index is 5230. The number of aliphatic hydroxyl groups is 2. The van der Waals surface area contributed by atoms with Crippen LogP contribution in [0.15, 0.2) is 144 Å². The third-order valence-electron chi connectivity index (χ3n) is 26.0. The number of likely N-dealkylation sites (tertiary alicyclic amines) is 2. The zero-order valence-corrected chi connectivity index (χ0v) is 84.1. The minimum absolute atomic E-state index is 0.0146. The summed E-state index contributed by atoms with van der Waals surface area (Å²) in [5, 5.41) is 58.2. The number of aryl methyl sites for hydroxylation is 2. The van der Waals surface area contributed by atoms with Crippen LogP contribution in [0.25, 0.3) is 20.9 Å². The summed E-state index contributed by atoms with van der Waals surface area (Å²) in [5.41, 5.74) is 8.25. The summed E-state index contributed by atoms with van der Waals surface area (Å²) in [6, 6.07) is 40.0. The lowest BCUT2D eigenvalue weighted by atomic mass is 9.49. The molecule has 2 aliphatic carbocycles. The number of rotatable bonds is 38. The van der Waals surface area contributed by atoms with Crippen molar-refractivity contribution in [3.05, 3.63) is 199 Å². The molecule has 2 unspecified atom stereocenters. The van der Waals surface area contributed by atoms with Crippen LogP contribution in [0.5, 0.6) is 23.0 Å². The lowest BCUT2D eigenvalue weighted by molar-refractivity contribution is -0.164. The molecule has 4 aliphatic rings. The Morgan fingerprint density at radius 3 is 1.15 bits per heavy atom. The van der Waals surface area contributed by atoms with Crippen molar-refractivity contribution in [2.75, 3.05) is 39.5 Å². The fourth-order valence-corrected chi connectivity index (χ4v) is 21.2. The molecule has 6 aromatic carbocycles. The molecular formula is C104H130Cl2N12O16S2. The number of nitrogens with one attached hydrogen (secondary N) is 6. The Morgan fingerprint density at radius 1 is 0.500 bits per heavy atom. The van der Waals surface area contributed by atoms with E-state index in [1.807, 2.05) is 129 Å². The van der Waals surface area contributed by atoms with Crippen molar-refractivity contribution in [2.45, 2.75) is 262 Å². The molecule has 12 rings (SSSR count). The number of aromatic nitrogens is 2. The highest BCUT2D eigenvalue weighted by Crippen LogP contribution is 2.57. The fourth-order valence-electron chi connectivity index (χ4n) is 19.1. The van der Waals surface area contributed by atoms with Gasteiger partial charge in [0.15, 0.2) is 0 Å². The number of hydrogen-bond acceptors (Lipinski definition) is 22. The van der Waals surface area contributed by atoms with Gasteiger partial charge in [0.05, 0.1) is 77.8 Å². The molecule has 0 radical (unpaired) electrons. The summed E-state index contributed by atoms with van der Waals surface area (Å²) < 4.78 is 36.4. The summed E-state index contributed by atoms with van der Waals surface area (Å²) in [6.07, 6.45) is 2.18. The first-order valence-corrected chi connectivity index (χ1v) is 48.8. The minimum Gasteiger partial charge on any atom is -0.491 e. The van der Waals surface area contributed by atoms with E-state index >= 15 is 0 Å². The Balaban J connectivity index is 0.000000261. The first kappa shape index (κ1) is 105. The number of nitriles is 2. The molecule has 0 bridgehead atoms. The van der Waals surface area contributed by atoms with E-state index in [9.17, 15) is 59.1 Å². The number of halogens is 2. The van der Waals surface area contributed by atoms with Gasteiger partial charge in [0.1, 0.15) is 84.7 Å². The molecule has 136 heavy (non-hydrogen) atoms. The lowest BCUT2D eigenvalue weighted by Crippen LogP contribution is -2.74. The number of benzene rings is 6. The third-order valence-corrected chi connectivity index (χ3v) is 28.5. The van der Waals surface area contributed by atoms with Crippen molar-refractivity contribution in [1.82, 2.24) is 51.7 Å². The summed E-state index contributed by atoms with van der Waals surface area (Å²) in [4.78, 5) is 122. The second-order valence-electron chi connectivity index (χ2n) is 40.5. The number of hydrogen-bond donors (Lipinski definition) is 8. The number of β-amino-alcohol motifs (C(OH)–C–C–N with tert-alkyl or cyclic N) is 2. The number of thiazole rings is 2. The van der Waals surface area contributed by atoms with Crippen LogP contribution in [0.3, 0.4) is 0 Å². The molecule has 2 saturated carbocycles. The Morgan fingerprint density at radius 2 is 0.838 bits per heavy atom. The quantitative estimate of drug-likeness (QED) is 0.0167. The first-order chi connectivity index (χ1) is 64.2. The molecule has 0 spiro atoms. The van der Waals surface area contributed by atoms with Crippen LogP contribution in [-0.4, -0.2) is 190 Å². The van der Waals surface area contributed by atoms with E-state index in [-0.39, 0.29) is 112 Å². The second-order valence-corrected chi connectivity index (χ2v) is 43.0. The van der Waals surface area contributed by atoms with Gasteiger partial charge >= 0.3 is 0 Å². The van der Waals surface area contributed by atoms with Gasteiger partial charge in [-0.25, -0.2) is 9.97 Å². The van der Waals surface area contributed by atoms with Crippen LogP contribution in [-0.2, 0) is 51.3 Å². The Hall–Kier alpha value is -11.1. The van der Waals surface area contributed by atoms with Crippen molar-refractivity contribution in [3.8, 4) is 56.0 Å². The fraction of sp³-hybridized carbons (Fsp3) is 0.500. The van der Waals surface area contributed by atoms with Gasteiger partial charge in [-0.1, -0.05) is 169 Å². The smallest absolute Gasteiger partial charge is 0.251 e. The van der Waals surface area contributed by atoms with Crippen molar-refractivity contribution in [2.24, 2.45) is 32.5 Å². The molecule has 8 aromatic rings. The van der Waals surface area contributed by atoms with E-state index in [0.29, 0.717) is 81.4 Å². The van der Waals surface area contributed by atoms with E-state index in [0.717, 1.165) is 69.1 Å². The van der Waals surface area contributed by atoms with E-state index in [1.165, 1.54) is 9.80 Å². The zero-order chi connectivity index (χ0) is 99.1. The predicted octanol–water partition coefficient (Wildman–Crippen LogP) is 16.0. The SMILES string of the molecule is Cc1ncsc1-c1ccc(CNC(=O)C2CC(O)CN2C(=O)[C@@H](NC(=O)COCCCC[C@@H](C)Oc2ccc(C(=O)N[C@H]3C(C)(C)[C@H](Oc4ccc(C#N)c(Cl)c4)C3(C)C)cc2)C(C)(C)C)cc1.Cc1ncsc1-c1ccc(CNC(=O)[C@@H]2C[C@@H](O)CN2C(=O)[C@@H](NC(=O)COCCCC[C@H](C)Oc2ccc(C(=O)N[C@H]3C(C)(C)[C@H](Oc4ccc(C#N)c(Cl)c4)C3(C)C)cc2)C(C)(C)C)cc1. The number of carbonyl (C=O) groups is 8. The maximum absolute atomic E-state index is 14.0. The molecule has 28 nitrogen and oxygen atoms in total. The third kappa shape index (κ3) is 26.4. The molecule has 2 aromatic heterocycles. The van der Waals surface area contributed by atoms with Crippen LogP contribution in [0.1, 0.15) is 217 Å². The number of unbranched alkanes of at least 4 members (excludes halogenated alkanes) is 2. The molecule has 4 heterocycles. The molecule has 8 amide bonds. The van der Waals surface area contributed by atoms with Gasteiger partial charge in [-0.15, -0.1) is 22.7 Å². The van der Waals surface area contributed by atoms with E-state index in [2.05, 4.69) is 109 Å². The van der Waals surface area contributed by atoms with Gasteiger partial charge < -0.3 is 80.3 Å². The van der Waals surface area contributed by atoms with E-state index < -0.39 is 92.5 Å². The molecule has 728 valence electrons. The zero-order valence-electron chi connectivity index (χ0n) is 81.0. The average molecular weight is 1940 g/mol. The molecular weight excluding hydrogens is 1810 g/mol. The van der Waals surface area contributed by atoms with Crippen molar-refractivity contribution >= 4 is 93.1 Å². The highest BCUT2D eigenvalue weighted by molar-refractivity contribution is 7.13. The second kappa shape index (κ2) is 45.5. The van der Waals surface area contributed by atoms with Crippen molar-refractivity contribution in [1.29, 1.82) is 10.5 Å². The number of nitrogens with zero attached hydrogens (tertiary/aromatic N) is 6. The molecule has 2 aliphatic heterocycles. The monoisotopic (exact) mass is 1940 g/mol. The van der Waals surface area contributed by atoms with Gasteiger partial charge in [-0.3, -0.25) is 38.4 Å². The minimum atomic E-state index is -0.957. The van der Waals surface area contributed by atoms with Gasteiger partial charge in [0, 0.05) is 109 Å². The Kier molecular flexibility index (Phi) is 35.3. The van der Waals surface area contributed by atoms with Crippen LogP contribution < -0.4 is 50.8 Å². The average Bonchev–Trinajstić information content (AvgIpc) is 0.903. The Labute approximate surface area is 816 Å². The standard InChI is InChI=1S/2C52H65ClN6O8S/c2*1-31(66-38-20-17-35(18-21-38)45(62)58-48-51(6,7)49(52(48,8)9)67-39-22-19-36(26-54)40(53)25-39)12-10-11-23-65-29-42(61)57-44(50(3,4)5)47(64)59-28-37(60)24-41(59)46(63)55-27-33-13-15-34(16-14-33)43-32(2)56-30-68-43/h2*13-22,25,30-31,37,41,44,48-49,60H,10-12,23-24,27-29H2,1-9H3,(H,55,63)(H,57,61)(H,58,62)/t31-,37?,41?,44-,48-,49-;31-,37+,41-,44+,48-,49-/m10/s1. The van der Waals surface area contributed by atoms with Crippen LogP contribution in [0.2, 0.25) is 10.0 Å². The topological polar surface area (TPSA) is 384 Å². The molecule has 8 N–H and O–H groups in total. The van der Waals surface area contributed by atoms with E-state index in [4.69, 9.17) is 51.6 Å². The maximum Gasteiger partial charge on any atom is 0.251 e. The summed E-state index contributed by atoms with van der Waals surface area (Å²) in [6.45, 7) is 36.1. The van der Waals surface area contributed by atoms with Crippen LogP contribution >= 0.6 is 45.9 Å². The lowest BCUT2D eigenvalue weighted by Gasteiger charge is -2.63. The molecule has 4 fully saturated rings.